The molecule has 0 aliphatic heterocycles. The molecule has 2 aromatic heterocycles. The van der Waals surface area contributed by atoms with E-state index in [1.165, 1.54) is 0 Å². The Morgan fingerprint density at radius 2 is 2.18 bits per heavy atom. The van der Waals surface area contributed by atoms with Crippen molar-refractivity contribution >= 4 is 28.9 Å². The van der Waals surface area contributed by atoms with Crippen LogP contribution in [0.4, 0.5) is 5.95 Å². The molecule has 1 unspecified atom stereocenters. The molecular weight excluding hydrogens is 232 g/mol. The summed E-state index contributed by atoms with van der Waals surface area (Å²) in [5.41, 5.74) is 8.76. The Kier molecular flexibility index (Phi) is 3.57. The number of nitrogens with two attached hydrogens (primary N) is 1. The number of hydrogen-bond donors (Lipinski definition) is 1. The summed E-state index contributed by atoms with van der Waals surface area (Å²) in [4.78, 5) is 8.89. The molecule has 0 spiro atoms. The Labute approximate surface area is 106 Å². The molecule has 0 radical (unpaired) electrons. The lowest BCUT2D eigenvalue weighted by Gasteiger charge is -2.14. The average Bonchev–Trinajstić information content (AvgIpc) is 2.61. The summed E-state index contributed by atoms with van der Waals surface area (Å²) in [6, 6.07) is 4.28. The summed E-state index contributed by atoms with van der Waals surface area (Å²) in [6.45, 7) is 4.15. The topological polar surface area (TPSA) is 56.7 Å². The van der Waals surface area contributed by atoms with E-state index in [2.05, 4.69) is 23.1 Å². The summed E-state index contributed by atoms with van der Waals surface area (Å²) in [7, 11) is 0. The third kappa shape index (κ3) is 2.39. The van der Waals surface area contributed by atoms with E-state index in [9.17, 15) is 0 Å². The fraction of sp³-hybridized carbons (Fsp3) is 0.500. The maximum atomic E-state index is 5.98. The quantitative estimate of drug-likeness (QED) is 0.906. The van der Waals surface area contributed by atoms with Crippen molar-refractivity contribution in [1.29, 1.82) is 0 Å². The van der Waals surface area contributed by atoms with Crippen LogP contribution >= 0.6 is 11.8 Å². The summed E-state index contributed by atoms with van der Waals surface area (Å²) in [5.74, 6) is 1.68. The number of fused-ring (bicyclic) bond motifs is 1. The molecule has 1 atom stereocenters. The van der Waals surface area contributed by atoms with Gasteiger partial charge in [0.05, 0.1) is 0 Å². The van der Waals surface area contributed by atoms with Gasteiger partial charge in [0.25, 0.3) is 0 Å². The van der Waals surface area contributed by atoms with Gasteiger partial charge >= 0.3 is 0 Å². The van der Waals surface area contributed by atoms with Crippen LogP contribution in [0.2, 0.25) is 0 Å². The lowest BCUT2D eigenvalue weighted by atomic mass is 10.2. The summed E-state index contributed by atoms with van der Waals surface area (Å²) in [5, 5.41) is 0. The number of anilines is 1. The van der Waals surface area contributed by atoms with Gasteiger partial charge < -0.3 is 5.73 Å². The van der Waals surface area contributed by atoms with Crippen molar-refractivity contribution in [3.63, 3.8) is 0 Å². The van der Waals surface area contributed by atoms with E-state index in [0.29, 0.717) is 12.0 Å². The molecule has 2 N–H and O–H groups in total. The van der Waals surface area contributed by atoms with E-state index in [1.807, 2.05) is 35.4 Å². The minimum atomic E-state index is 0.335. The summed E-state index contributed by atoms with van der Waals surface area (Å²) < 4.78 is 2.04. The van der Waals surface area contributed by atoms with Gasteiger partial charge in [-0.25, -0.2) is 9.97 Å². The Morgan fingerprint density at radius 1 is 1.41 bits per heavy atom. The highest BCUT2D eigenvalue weighted by atomic mass is 32.2. The molecule has 0 saturated heterocycles. The van der Waals surface area contributed by atoms with E-state index in [-0.39, 0.29) is 0 Å². The van der Waals surface area contributed by atoms with Gasteiger partial charge in [-0.15, -0.1) is 0 Å². The van der Waals surface area contributed by atoms with Gasteiger partial charge in [0.15, 0.2) is 5.65 Å². The predicted octanol–water partition coefficient (Wildman–Crippen LogP) is 2.64. The molecule has 5 heteroatoms. The molecule has 17 heavy (non-hydrogen) atoms. The molecule has 0 saturated carbocycles. The molecule has 0 aliphatic carbocycles. The first-order valence-electron chi connectivity index (χ1n) is 5.73. The van der Waals surface area contributed by atoms with Crippen LogP contribution in [0.15, 0.2) is 12.1 Å². The first kappa shape index (κ1) is 12.2. The molecule has 2 heterocycles. The van der Waals surface area contributed by atoms with Crippen LogP contribution in [0.1, 0.15) is 25.1 Å². The van der Waals surface area contributed by atoms with E-state index >= 15 is 0 Å². The van der Waals surface area contributed by atoms with Crippen LogP contribution in [0.3, 0.4) is 0 Å². The molecular formula is C12H18N4S. The van der Waals surface area contributed by atoms with Crippen LogP contribution in [0, 0.1) is 6.92 Å². The number of pyridine rings is 1. The van der Waals surface area contributed by atoms with Gasteiger partial charge in [-0.2, -0.15) is 11.8 Å². The van der Waals surface area contributed by atoms with Gasteiger partial charge in [0.1, 0.15) is 5.52 Å². The van der Waals surface area contributed by atoms with Crippen LogP contribution in [0.5, 0.6) is 0 Å². The first-order valence-corrected chi connectivity index (χ1v) is 7.13. The number of aromatic nitrogens is 3. The minimum absolute atomic E-state index is 0.335. The molecule has 0 fully saturated rings. The third-order valence-corrected chi connectivity index (χ3v) is 3.53. The molecule has 92 valence electrons. The van der Waals surface area contributed by atoms with Crippen LogP contribution in [0.25, 0.3) is 11.2 Å². The largest absolute Gasteiger partial charge is 0.369 e. The maximum absolute atomic E-state index is 5.98. The Bertz CT molecular complexity index is 520. The number of hydrogen-bond acceptors (Lipinski definition) is 4. The fourth-order valence-electron chi connectivity index (χ4n) is 1.94. The van der Waals surface area contributed by atoms with E-state index in [4.69, 9.17) is 5.73 Å². The number of imidazole rings is 1. The standard InChI is InChI=1S/C12H18N4S/c1-8-4-5-10-11(14-8)16(12(13)15-10)9(2)6-7-17-3/h4-5,9H,6-7H2,1-3H3,(H2,13,15). The second kappa shape index (κ2) is 4.96. The molecule has 0 aliphatic rings. The molecule has 2 aromatic rings. The smallest absolute Gasteiger partial charge is 0.202 e. The molecule has 2 rings (SSSR count). The fourth-order valence-corrected chi connectivity index (χ4v) is 2.51. The van der Waals surface area contributed by atoms with Gasteiger partial charge in [-0.3, -0.25) is 4.57 Å². The SMILES string of the molecule is CSCCC(C)n1c(N)nc2ccc(C)nc21. The van der Waals surface area contributed by atoms with Crippen molar-refractivity contribution in [2.45, 2.75) is 26.3 Å². The molecule has 0 aromatic carbocycles. The van der Waals surface area contributed by atoms with Crippen molar-refractivity contribution in [3.8, 4) is 0 Å². The van der Waals surface area contributed by atoms with E-state index < -0.39 is 0 Å². The van der Waals surface area contributed by atoms with Gasteiger partial charge in [-0.1, -0.05) is 0 Å². The molecule has 4 nitrogen and oxygen atoms in total. The lowest BCUT2D eigenvalue weighted by Crippen LogP contribution is -2.10. The zero-order valence-corrected chi connectivity index (χ0v) is 11.3. The van der Waals surface area contributed by atoms with E-state index in [1.54, 1.807) is 0 Å². The zero-order valence-electron chi connectivity index (χ0n) is 10.5. The highest BCUT2D eigenvalue weighted by Crippen LogP contribution is 2.24. The predicted molar refractivity (Wildman–Crippen MR) is 74.4 cm³/mol. The van der Waals surface area contributed by atoms with Crippen LogP contribution < -0.4 is 5.73 Å². The van der Waals surface area contributed by atoms with Crippen LogP contribution in [-0.2, 0) is 0 Å². The Hall–Kier alpha value is -1.23. The van der Waals surface area contributed by atoms with Crippen molar-refractivity contribution in [2.24, 2.45) is 0 Å². The van der Waals surface area contributed by atoms with Gasteiger partial charge in [0.2, 0.25) is 5.95 Å². The van der Waals surface area contributed by atoms with Crippen molar-refractivity contribution in [1.82, 2.24) is 14.5 Å². The van der Waals surface area contributed by atoms with Crippen molar-refractivity contribution in [2.75, 3.05) is 17.7 Å². The Balaban J connectivity index is 2.44. The zero-order chi connectivity index (χ0) is 12.4. The monoisotopic (exact) mass is 250 g/mol. The Morgan fingerprint density at radius 3 is 2.88 bits per heavy atom. The average molecular weight is 250 g/mol. The second-order valence-corrected chi connectivity index (χ2v) is 5.25. The van der Waals surface area contributed by atoms with Crippen molar-refractivity contribution in [3.05, 3.63) is 17.8 Å². The highest BCUT2D eigenvalue weighted by Gasteiger charge is 2.14. The second-order valence-electron chi connectivity index (χ2n) is 4.27. The van der Waals surface area contributed by atoms with E-state index in [0.717, 1.165) is 29.0 Å². The number of nitrogens with zero attached hydrogens (tertiary/aromatic N) is 3. The third-order valence-electron chi connectivity index (χ3n) is 2.88. The minimum Gasteiger partial charge on any atom is -0.369 e. The summed E-state index contributed by atoms with van der Waals surface area (Å²) >= 11 is 1.85. The molecule has 0 bridgehead atoms. The van der Waals surface area contributed by atoms with Gasteiger partial charge in [-0.05, 0) is 44.4 Å². The number of nitrogen functional groups attached to an aromatic ring is 1. The first-order chi connectivity index (χ1) is 8.13. The molecule has 0 amide bonds. The maximum Gasteiger partial charge on any atom is 0.202 e. The lowest BCUT2D eigenvalue weighted by molar-refractivity contribution is 0.552. The number of aryl methyl sites for hydroxylation is 1. The van der Waals surface area contributed by atoms with Crippen LogP contribution in [-0.4, -0.2) is 26.5 Å². The van der Waals surface area contributed by atoms with Gasteiger partial charge in [0, 0.05) is 11.7 Å². The highest BCUT2D eigenvalue weighted by molar-refractivity contribution is 7.98. The number of thioether (sulfide) groups is 1. The normalized spacial score (nSPS) is 13.1. The van der Waals surface area contributed by atoms with Crippen molar-refractivity contribution < 1.29 is 0 Å². The number of rotatable bonds is 4. The summed E-state index contributed by atoms with van der Waals surface area (Å²) in [6.07, 6.45) is 3.19.